The zero-order valence-corrected chi connectivity index (χ0v) is 12.5. The molecule has 1 aromatic carbocycles. The smallest absolute Gasteiger partial charge is 0.165 e. The number of benzene rings is 1. The molecule has 0 bridgehead atoms. The molecule has 0 spiro atoms. The van der Waals surface area contributed by atoms with E-state index in [1.807, 2.05) is 13.8 Å². The third-order valence-electron chi connectivity index (χ3n) is 3.45. The van der Waals surface area contributed by atoms with Gasteiger partial charge in [0, 0.05) is 11.3 Å². The lowest BCUT2D eigenvalue weighted by molar-refractivity contribution is 0.101. The lowest BCUT2D eigenvalue weighted by Crippen LogP contribution is -2.03. The Morgan fingerprint density at radius 3 is 2.76 bits per heavy atom. The number of carbonyl (C=O) groups excluding carboxylic acids is 1. The summed E-state index contributed by atoms with van der Waals surface area (Å²) in [5.74, 6) is -0.427. The summed E-state index contributed by atoms with van der Waals surface area (Å²) in [5, 5.41) is 7.07. The number of nitrogens with zero attached hydrogens (tertiary/aromatic N) is 1. The number of H-pyrrole nitrogens is 1. The minimum atomic E-state index is -0.448. The fourth-order valence-corrected chi connectivity index (χ4v) is 2.21. The molecule has 112 valence electrons. The fraction of sp³-hybridized carbons (Fsp3) is 0.375. The van der Waals surface area contributed by atoms with Gasteiger partial charge in [0.1, 0.15) is 0 Å². The van der Waals surface area contributed by atoms with Gasteiger partial charge in [-0.3, -0.25) is 9.89 Å². The molecule has 0 atom stereocenters. The number of hydrogen-bond acceptors (Lipinski definition) is 3. The lowest BCUT2D eigenvalue weighted by atomic mass is 10.1. The summed E-state index contributed by atoms with van der Waals surface area (Å²) >= 11 is 0. The van der Waals surface area contributed by atoms with Gasteiger partial charge in [-0.1, -0.05) is 0 Å². The second kappa shape index (κ2) is 6.52. The van der Waals surface area contributed by atoms with Crippen molar-refractivity contribution in [3.05, 3.63) is 46.5 Å². The number of Topliss-reactive ketones (excluding diaryl/α,β-unsaturated/α-hetero) is 1. The summed E-state index contributed by atoms with van der Waals surface area (Å²) in [7, 11) is 0. The molecule has 1 N–H and O–H groups in total. The monoisotopic (exact) mass is 290 g/mol. The van der Waals surface area contributed by atoms with Crippen LogP contribution in [0.3, 0.4) is 0 Å². The van der Waals surface area contributed by atoms with Crippen LogP contribution in [-0.4, -0.2) is 22.6 Å². The number of rotatable bonds is 6. The van der Waals surface area contributed by atoms with E-state index in [0.29, 0.717) is 12.2 Å². The van der Waals surface area contributed by atoms with Crippen LogP contribution in [-0.2, 0) is 6.42 Å². The highest BCUT2D eigenvalue weighted by Gasteiger charge is 2.09. The average molecular weight is 290 g/mol. The highest BCUT2D eigenvalue weighted by Crippen LogP contribution is 2.20. The first-order valence-corrected chi connectivity index (χ1v) is 6.92. The fourth-order valence-electron chi connectivity index (χ4n) is 2.21. The molecule has 5 heteroatoms. The molecule has 4 nitrogen and oxygen atoms in total. The number of nitrogens with one attached hydrogen (secondary N) is 1. The molecule has 0 fully saturated rings. The van der Waals surface area contributed by atoms with Gasteiger partial charge in [-0.05, 0) is 57.4 Å². The van der Waals surface area contributed by atoms with Crippen molar-refractivity contribution < 1.29 is 13.9 Å². The van der Waals surface area contributed by atoms with Crippen molar-refractivity contribution in [3.63, 3.8) is 0 Å². The largest absolute Gasteiger partial charge is 0.490 e. The van der Waals surface area contributed by atoms with Crippen LogP contribution in [0.4, 0.5) is 4.39 Å². The van der Waals surface area contributed by atoms with Gasteiger partial charge < -0.3 is 4.74 Å². The van der Waals surface area contributed by atoms with Crippen molar-refractivity contribution in [3.8, 4) is 5.75 Å². The van der Waals surface area contributed by atoms with E-state index in [2.05, 4.69) is 10.2 Å². The molecular weight excluding hydrogens is 271 g/mol. The molecule has 1 aromatic heterocycles. The van der Waals surface area contributed by atoms with Crippen LogP contribution < -0.4 is 4.74 Å². The molecular formula is C16H19FN2O2. The summed E-state index contributed by atoms with van der Waals surface area (Å²) in [6, 6.07) is 4.17. The maximum Gasteiger partial charge on any atom is 0.165 e. The normalized spacial score (nSPS) is 10.7. The van der Waals surface area contributed by atoms with Gasteiger partial charge in [-0.15, -0.1) is 0 Å². The molecule has 0 saturated heterocycles. The molecule has 2 aromatic rings. The number of ketones is 1. The molecule has 0 aliphatic rings. The van der Waals surface area contributed by atoms with E-state index in [9.17, 15) is 9.18 Å². The Morgan fingerprint density at radius 2 is 2.14 bits per heavy atom. The molecule has 21 heavy (non-hydrogen) atoms. The highest BCUT2D eigenvalue weighted by molar-refractivity contribution is 5.94. The van der Waals surface area contributed by atoms with E-state index in [0.717, 1.165) is 24.2 Å². The molecule has 1 heterocycles. The van der Waals surface area contributed by atoms with E-state index in [1.165, 1.54) is 30.7 Å². The Balaban J connectivity index is 1.92. The van der Waals surface area contributed by atoms with Gasteiger partial charge in [0.15, 0.2) is 17.3 Å². The van der Waals surface area contributed by atoms with Crippen molar-refractivity contribution in [1.29, 1.82) is 0 Å². The number of aryl methyl sites for hydroxylation is 2. The van der Waals surface area contributed by atoms with Crippen LogP contribution in [0.2, 0.25) is 0 Å². The average Bonchev–Trinajstić information content (AvgIpc) is 2.76. The zero-order valence-electron chi connectivity index (χ0n) is 12.5. The maximum absolute atomic E-state index is 13.6. The summed E-state index contributed by atoms with van der Waals surface area (Å²) in [6.45, 7) is 5.77. The van der Waals surface area contributed by atoms with E-state index in [-0.39, 0.29) is 11.5 Å². The minimum Gasteiger partial charge on any atom is -0.490 e. The van der Waals surface area contributed by atoms with Crippen molar-refractivity contribution in [2.75, 3.05) is 6.61 Å². The number of hydrogen-bond donors (Lipinski definition) is 1. The quantitative estimate of drug-likeness (QED) is 0.655. The summed E-state index contributed by atoms with van der Waals surface area (Å²) in [4.78, 5) is 11.3. The first kappa shape index (κ1) is 15.2. The third-order valence-corrected chi connectivity index (χ3v) is 3.45. The zero-order chi connectivity index (χ0) is 15.4. The van der Waals surface area contributed by atoms with Crippen molar-refractivity contribution in [1.82, 2.24) is 10.2 Å². The molecule has 0 radical (unpaired) electrons. The molecule has 0 unspecified atom stereocenters. The first-order chi connectivity index (χ1) is 9.99. The summed E-state index contributed by atoms with van der Waals surface area (Å²) < 4.78 is 19.1. The van der Waals surface area contributed by atoms with Crippen LogP contribution >= 0.6 is 0 Å². The maximum atomic E-state index is 13.6. The molecule has 2 rings (SSSR count). The number of ether oxygens (including phenoxy) is 1. The van der Waals surface area contributed by atoms with Crippen LogP contribution in [0.25, 0.3) is 0 Å². The minimum absolute atomic E-state index is 0.107. The van der Waals surface area contributed by atoms with Crippen LogP contribution in [0.15, 0.2) is 18.2 Å². The van der Waals surface area contributed by atoms with Gasteiger partial charge in [0.2, 0.25) is 0 Å². The van der Waals surface area contributed by atoms with Crippen LogP contribution in [0, 0.1) is 19.7 Å². The van der Waals surface area contributed by atoms with Crippen LogP contribution in [0.5, 0.6) is 5.75 Å². The van der Waals surface area contributed by atoms with E-state index in [1.54, 1.807) is 0 Å². The van der Waals surface area contributed by atoms with Crippen molar-refractivity contribution >= 4 is 5.78 Å². The van der Waals surface area contributed by atoms with Crippen molar-refractivity contribution in [2.45, 2.75) is 33.6 Å². The highest BCUT2D eigenvalue weighted by atomic mass is 19.1. The number of aromatic amines is 1. The summed E-state index contributed by atoms with van der Waals surface area (Å²) in [5.41, 5.74) is 3.67. The Labute approximate surface area is 123 Å². The van der Waals surface area contributed by atoms with Gasteiger partial charge >= 0.3 is 0 Å². The summed E-state index contributed by atoms with van der Waals surface area (Å²) in [6.07, 6.45) is 1.58. The number of carbonyl (C=O) groups is 1. The third kappa shape index (κ3) is 3.68. The Bertz CT molecular complexity index is 630. The molecule has 0 amide bonds. The predicted octanol–water partition coefficient (Wildman–Crippen LogP) is 3.38. The van der Waals surface area contributed by atoms with Gasteiger partial charge in [0.25, 0.3) is 0 Å². The Hall–Kier alpha value is -2.17. The molecule has 0 saturated carbocycles. The van der Waals surface area contributed by atoms with E-state index >= 15 is 0 Å². The number of aromatic nitrogens is 2. The predicted molar refractivity (Wildman–Crippen MR) is 78.3 cm³/mol. The number of halogens is 1. The van der Waals surface area contributed by atoms with Gasteiger partial charge in [-0.2, -0.15) is 5.10 Å². The topological polar surface area (TPSA) is 55.0 Å². The second-order valence-electron chi connectivity index (χ2n) is 5.07. The standard InChI is InChI=1S/C16H19FN2O2/c1-10-14(11(2)19-18-10)5-4-8-21-16-9-13(12(3)20)6-7-15(16)17/h6-7,9H,4-5,8H2,1-3H3,(H,18,19). The van der Waals surface area contributed by atoms with Crippen LogP contribution in [0.1, 0.15) is 40.7 Å². The van der Waals surface area contributed by atoms with E-state index < -0.39 is 5.82 Å². The SMILES string of the molecule is CC(=O)c1ccc(F)c(OCCCc2c(C)n[nH]c2C)c1. The van der Waals surface area contributed by atoms with E-state index in [4.69, 9.17) is 4.74 Å². The lowest BCUT2D eigenvalue weighted by Gasteiger charge is -2.08. The Morgan fingerprint density at radius 1 is 1.38 bits per heavy atom. The van der Waals surface area contributed by atoms with Crippen molar-refractivity contribution in [2.24, 2.45) is 0 Å². The Kier molecular flexibility index (Phi) is 4.73. The first-order valence-electron chi connectivity index (χ1n) is 6.92. The van der Waals surface area contributed by atoms with Gasteiger partial charge in [-0.25, -0.2) is 4.39 Å². The second-order valence-corrected chi connectivity index (χ2v) is 5.07. The molecule has 0 aliphatic heterocycles. The van der Waals surface area contributed by atoms with Gasteiger partial charge in [0.05, 0.1) is 12.3 Å². The molecule has 0 aliphatic carbocycles.